The van der Waals surface area contributed by atoms with Crippen LogP contribution in [0.25, 0.3) is 0 Å². The third kappa shape index (κ3) is 4.29. The van der Waals surface area contributed by atoms with Crippen molar-refractivity contribution in [2.24, 2.45) is 11.7 Å². The molecule has 5 nitrogen and oxygen atoms in total. The van der Waals surface area contributed by atoms with Crippen molar-refractivity contribution in [3.8, 4) is 0 Å². The van der Waals surface area contributed by atoms with E-state index in [0.29, 0.717) is 12.1 Å². The molecule has 1 fully saturated rings. The summed E-state index contributed by atoms with van der Waals surface area (Å²) < 4.78 is 0. The van der Waals surface area contributed by atoms with Crippen LogP contribution in [0.3, 0.4) is 0 Å². The van der Waals surface area contributed by atoms with Gasteiger partial charge in [0, 0.05) is 18.2 Å². The molecule has 0 bridgehead atoms. The molecule has 2 unspecified atom stereocenters. The first-order valence-corrected chi connectivity index (χ1v) is 7.44. The van der Waals surface area contributed by atoms with Crippen molar-refractivity contribution in [3.05, 3.63) is 29.8 Å². The predicted octanol–water partition coefficient (Wildman–Crippen LogP) is 2.16. The van der Waals surface area contributed by atoms with Crippen molar-refractivity contribution in [2.75, 3.05) is 5.32 Å². The monoisotopic (exact) mass is 290 g/mol. The van der Waals surface area contributed by atoms with E-state index in [1.165, 1.54) is 0 Å². The van der Waals surface area contributed by atoms with Crippen molar-refractivity contribution in [2.45, 2.75) is 44.6 Å². The number of anilines is 1. The summed E-state index contributed by atoms with van der Waals surface area (Å²) >= 11 is 0. The first-order chi connectivity index (χ1) is 10.1. The number of carbonyl (C=O) groups excluding carboxylic acids is 1. The van der Waals surface area contributed by atoms with Crippen LogP contribution in [0.15, 0.2) is 24.3 Å². The smallest absolute Gasteiger partial charge is 0.303 e. The van der Waals surface area contributed by atoms with E-state index in [0.717, 1.165) is 31.2 Å². The molecule has 0 spiro atoms. The molecule has 1 amide bonds. The second kappa shape index (κ2) is 7.22. The molecule has 1 aliphatic rings. The number of hydrogen-bond donors (Lipinski definition) is 3. The van der Waals surface area contributed by atoms with Crippen LogP contribution in [-0.2, 0) is 16.0 Å². The van der Waals surface area contributed by atoms with E-state index in [2.05, 4.69) is 5.32 Å². The molecule has 0 saturated heterocycles. The van der Waals surface area contributed by atoms with Gasteiger partial charge in [-0.1, -0.05) is 31.0 Å². The summed E-state index contributed by atoms with van der Waals surface area (Å²) in [5.41, 5.74) is 7.57. The largest absolute Gasteiger partial charge is 0.481 e. The first kappa shape index (κ1) is 15.5. The molecule has 0 aromatic heterocycles. The van der Waals surface area contributed by atoms with Crippen LogP contribution in [0.1, 0.15) is 37.7 Å². The number of amides is 1. The highest BCUT2D eigenvalue weighted by atomic mass is 16.4. The number of nitrogens with two attached hydrogens (primary N) is 1. The van der Waals surface area contributed by atoms with Gasteiger partial charge in [0.2, 0.25) is 5.91 Å². The molecule has 21 heavy (non-hydrogen) atoms. The van der Waals surface area contributed by atoms with Crippen molar-refractivity contribution >= 4 is 17.6 Å². The van der Waals surface area contributed by atoms with E-state index in [1.807, 2.05) is 24.3 Å². The van der Waals surface area contributed by atoms with E-state index >= 15 is 0 Å². The number of benzene rings is 1. The van der Waals surface area contributed by atoms with Gasteiger partial charge >= 0.3 is 5.97 Å². The Bertz CT molecular complexity index is 516. The van der Waals surface area contributed by atoms with Gasteiger partial charge in [0.05, 0.1) is 5.92 Å². The number of aryl methyl sites for hydroxylation is 1. The van der Waals surface area contributed by atoms with Crippen LogP contribution >= 0.6 is 0 Å². The van der Waals surface area contributed by atoms with Gasteiger partial charge in [-0.2, -0.15) is 0 Å². The Kier molecular flexibility index (Phi) is 5.33. The number of hydrogen-bond acceptors (Lipinski definition) is 3. The highest BCUT2D eigenvalue weighted by molar-refractivity contribution is 5.93. The summed E-state index contributed by atoms with van der Waals surface area (Å²) in [6.07, 6.45) is 4.29. The molecule has 2 rings (SSSR count). The molecule has 0 aliphatic heterocycles. The van der Waals surface area contributed by atoms with Crippen LogP contribution in [0.5, 0.6) is 0 Å². The SMILES string of the molecule is NC1CCCCC1C(=O)Nc1ccccc1CCC(=O)O. The van der Waals surface area contributed by atoms with Gasteiger partial charge in [0.1, 0.15) is 0 Å². The number of carboxylic acids is 1. The number of para-hydroxylation sites is 1. The molecule has 114 valence electrons. The summed E-state index contributed by atoms with van der Waals surface area (Å²) in [6, 6.07) is 7.26. The minimum absolute atomic E-state index is 0.0509. The fourth-order valence-electron chi connectivity index (χ4n) is 2.81. The topological polar surface area (TPSA) is 92.4 Å². The van der Waals surface area contributed by atoms with Gasteiger partial charge < -0.3 is 16.2 Å². The summed E-state index contributed by atoms with van der Waals surface area (Å²) in [5.74, 6) is -1.04. The zero-order valence-electron chi connectivity index (χ0n) is 12.0. The number of aliphatic carboxylic acids is 1. The molecular weight excluding hydrogens is 268 g/mol. The second-order valence-electron chi connectivity index (χ2n) is 5.59. The zero-order chi connectivity index (χ0) is 15.2. The van der Waals surface area contributed by atoms with Crippen LogP contribution in [0.4, 0.5) is 5.69 Å². The van der Waals surface area contributed by atoms with Crippen LogP contribution < -0.4 is 11.1 Å². The molecule has 0 radical (unpaired) electrons. The van der Waals surface area contributed by atoms with E-state index in [-0.39, 0.29) is 24.3 Å². The minimum atomic E-state index is -0.842. The molecule has 2 atom stereocenters. The maximum atomic E-state index is 12.4. The van der Waals surface area contributed by atoms with Crippen LogP contribution in [0, 0.1) is 5.92 Å². The van der Waals surface area contributed by atoms with Gasteiger partial charge in [-0.3, -0.25) is 9.59 Å². The summed E-state index contributed by atoms with van der Waals surface area (Å²) in [5, 5.41) is 11.7. The van der Waals surface area contributed by atoms with Gasteiger partial charge in [-0.15, -0.1) is 0 Å². The summed E-state index contributed by atoms with van der Waals surface area (Å²) in [6.45, 7) is 0. The van der Waals surface area contributed by atoms with E-state index in [4.69, 9.17) is 10.8 Å². The highest BCUT2D eigenvalue weighted by Crippen LogP contribution is 2.25. The van der Waals surface area contributed by atoms with E-state index in [1.54, 1.807) is 0 Å². The zero-order valence-corrected chi connectivity index (χ0v) is 12.0. The molecule has 1 aliphatic carbocycles. The lowest BCUT2D eigenvalue weighted by Gasteiger charge is -2.27. The second-order valence-corrected chi connectivity index (χ2v) is 5.59. The molecule has 1 aromatic rings. The number of nitrogens with one attached hydrogen (secondary N) is 1. The Hall–Kier alpha value is -1.88. The highest BCUT2D eigenvalue weighted by Gasteiger charge is 2.28. The normalized spacial score (nSPS) is 21.8. The fourth-order valence-corrected chi connectivity index (χ4v) is 2.81. The van der Waals surface area contributed by atoms with Gasteiger partial charge in [0.25, 0.3) is 0 Å². The maximum Gasteiger partial charge on any atom is 0.303 e. The Labute approximate surface area is 124 Å². The molecule has 1 saturated carbocycles. The van der Waals surface area contributed by atoms with E-state index in [9.17, 15) is 9.59 Å². The standard InChI is InChI=1S/C16H22N2O3/c17-13-7-3-2-6-12(13)16(21)18-14-8-4-1-5-11(14)9-10-15(19)20/h1,4-5,8,12-13H,2-3,6-7,9-10,17H2,(H,18,21)(H,19,20). The van der Waals surface area contributed by atoms with Crippen molar-refractivity contribution in [1.82, 2.24) is 0 Å². The minimum Gasteiger partial charge on any atom is -0.481 e. The Morgan fingerprint density at radius 3 is 2.67 bits per heavy atom. The molecule has 1 aromatic carbocycles. The molecule has 4 N–H and O–H groups in total. The predicted molar refractivity (Wildman–Crippen MR) is 81.0 cm³/mol. The van der Waals surface area contributed by atoms with Gasteiger partial charge in [0.15, 0.2) is 0 Å². The number of carbonyl (C=O) groups is 2. The number of rotatable bonds is 5. The van der Waals surface area contributed by atoms with Crippen molar-refractivity contribution < 1.29 is 14.7 Å². The summed E-state index contributed by atoms with van der Waals surface area (Å²) in [7, 11) is 0. The Balaban J connectivity index is 2.04. The molecular formula is C16H22N2O3. The molecule has 0 heterocycles. The number of carboxylic acid groups (broad SMARTS) is 1. The third-order valence-electron chi connectivity index (χ3n) is 4.04. The van der Waals surface area contributed by atoms with Crippen LogP contribution in [0.2, 0.25) is 0 Å². The first-order valence-electron chi connectivity index (χ1n) is 7.44. The van der Waals surface area contributed by atoms with Gasteiger partial charge in [-0.05, 0) is 30.9 Å². The van der Waals surface area contributed by atoms with Crippen molar-refractivity contribution in [1.29, 1.82) is 0 Å². The fraction of sp³-hybridized carbons (Fsp3) is 0.500. The lowest BCUT2D eigenvalue weighted by molar-refractivity contribution is -0.137. The van der Waals surface area contributed by atoms with Crippen molar-refractivity contribution in [3.63, 3.8) is 0 Å². The maximum absolute atomic E-state index is 12.4. The lowest BCUT2D eigenvalue weighted by Crippen LogP contribution is -2.40. The van der Waals surface area contributed by atoms with Gasteiger partial charge in [-0.25, -0.2) is 0 Å². The van der Waals surface area contributed by atoms with E-state index < -0.39 is 5.97 Å². The Morgan fingerprint density at radius 1 is 1.24 bits per heavy atom. The average Bonchev–Trinajstić information content (AvgIpc) is 2.46. The Morgan fingerprint density at radius 2 is 1.95 bits per heavy atom. The lowest BCUT2D eigenvalue weighted by atomic mass is 9.84. The molecule has 5 heteroatoms. The third-order valence-corrected chi connectivity index (χ3v) is 4.04. The summed E-state index contributed by atoms with van der Waals surface area (Å²) in [4.78, 5) is 23.1. The van der Waals surface area contributed by atoms with Crippen LogP contribution in [-0.4, -0.2) is 23.0 Å². The average molecular weight is 290 g/mol. The quantitative estimate of drug-likeness (QED) is 0.774.